The fourth-order valence-electron chi connectivity index (χ4n) is 2.32. The molecule has 2 heterocycles. The van der Waals surface area contributed by atoms with Crippen LogP contribution in [0.15, 0.2) is 17.3 Å². The van der Waals surface area contributed by atoms with Crippen LogP contribution in [0.1, 0.15) is 19.8 Å². The van der Waals surface area contributed by atoms with Gasteiger partial charge in [-0.15, -0.1) is 0 Å². The summed E-state index contributed by atoms with van der Waals surface area (Å²) in [6, 6.07) is 0.133. The molecule has 2 rings (SSSR count). The van der Waals surface area contributed by atoms with Crippen LogP contribution in [0.25, 0.3) is 0 Å². The Labute approximate surface area is 108 Å². The predicted octanol–water partition coefficient (Wildman–Crippen LogP) is 0.168. The molecule has 0 spiro atoms. The van der Waals surface area contributed by atoms with E-state index in [0.717, 1.165) is 12.8 Å². The van der Waals surface area contributed by atoms with Crippen molar-refractivity contribution in [3.8, 4) is 0 Å². The average Bonchev–Trinajstić information content (AvgIpc) is 2.76. The first-order chi connectivity index (χ1) is 8.41. The summed E-state index contributed by atoms with van der Waals surface area (Å²) >= 11 is 0. The monoisotopic (exact) mass is 272 g/mol. The highest BCUT2D eigenvalue weighted by molar-refractivity contribution is 7.89. The van der Waals surface area contributed by atoms with Gasteiger partial charge < -0.3 is 5.73 Å². The third-order valence-electron chi connectivity index (χ3n) is 3.56. The molecule has 1 atom stereocenters. The lowest BCUT2D eigenvalue weighted by molar-refractivity contribution is 0.250. The van der Waals surface area contributed by atoms with Gasteiger partial charge in [0.15, 0.2) is 0 Å². The van der Waals surface area contributed by atoms with Crippen molar-refractivity contribution in [3.63, 3.8) is 0 Å². The van der Waals surface area contributed by atoms with Crippen LogP contribution in [-0.4, -0.2) is 41.6 Å². The van der Waals surface area contributed by atoms with E-state index in [1.165, 1.54) is 21.4 Å². The van der Waals surface area contributed by atoms with Crippen LogP contribution in [-0.2, 0) is 17.1 Å². The number of aromatic nitrogens is 2. The summed E-state index contributed by atoms with van der Waals surface area (Å²) in [7, 11) is -1.67. The molecule has 1 fully saturated rings. The van der Waals surface area contributed by atoms with E-state index < -0.39 is 10.0 Å². The van der Waals surface area contributed by atoms with E-state index in [4.69, 9.17) is 5.73 Å². The molecule has 1 saturated heterocycles. The van der Waals surface area contributed by atoms with E-state index in [2.05, 4.69) is 5.10 Å². The zero-order chi connectivity index (χ0) is 13.3. The molecule has 6 nitrogen and oxygen atoms in total. The summed E-state index contributed by atoms with van der Waals surface area (Å²) in [5.74, 6) is 0.422. The maximum absolute atomic E-state index is 12.3. The fraction of sp³-hybridized carbons (Fsp3) is 0.727. The molecule has 0 bridgehead atoms. The van der Waals surface area contributed by atoms with Crippen LogP contribution in [0, 0.1) is 5.92 Å². The highest BCUT2D eigenvalue weighted by atomic mass is 32.2. The van der Waals surface area contributed by atoms with E-state index in [-0.39, 0.29) is 10.9 Å². The first kappa shape index (κ1) is 13.5. The van der Waals surface area contributed by atoms with Gasteiger partial charge in [-0.25, -0.2) is 8.42 Å². The molecule has 18 heavy (non-hydrogen) atoms. The smallest absolute Gasteiger partial charge is 0.246 e. The fourth-order valence-corrected chi connectivity index (χ4v) is 3.78. The zero-order valence-electron chi connectivity index (χ0n) is 10.8. The highest BCUT2D eigenvalue weighted by Gasteiger charge is 2.31. The Morgan fingerprint density at radius 2 is 2.06 bits per heavy atom. The maximum Gasteiger partial charge on any atom is 0.246 e. The van der Waals surface area contributed by atoms with Crippen LogP contribution >= 0.6 is 0 Å². The van der Waals surface area contributed by atoms with Gasteiger partial charge in [0.25, 0.3) is 0 Å². The summed E-state index contributed by atoms with van der Waals surface area (Å²) in [6.07, 6.45) is 4.59. The summed E-state index contributed by atoms with van der Waals surface area (Å²) < 4.78 is 27.7. The predicted molar refractivity (Wildman–Crippen MR) is 68.3 cm³/mol. The summed E-state index contributed by atoms with van der Waals surface area (Å²) in [4.78, 5) is 0.268. The molecule has 2 N–H and O–H groups in total. The van der Waals surface area contributed by atoms with Gasteiger partial charge in [0.05, 0.1) is 6.20 Å². The van der Waals surface area contributed by atoms with Crippen molar-refractivity contribution in [1.82, 2.24) is 14.1 Å². The Kier molecular flexibility index (Phi) is 3.74. The number of hydrogen-bond acceptors (Lipinski definition) is 4. The van der Waals surface area contributed by atoms with Gasteiger partial charge in [-0.1, -0.05) is 0 Å². The third kappa shape index (κ3) is 2.57. The lowest BCUT2D eigenvalue weighted by Gasteiger charge is -2.32. The van der Waals surface area contributed by atoms with Crippen LogP contribution in [0.2, 0.25) is 0 Å². The quantitative estimate of drug-likeness (QED) is 0.850. The standard InChI is InChI=1S/C11H20N4O2S/c1-9(12)10-3-5-15(6-4-10)18(16,17)11-7-13-14(2)8-11/h7-10H,3-6,12H2,1-2H3. The molecule has 1 aliphatic heterocycles. The van der Waals surface area contributed by atoms with Gasteiger partial charge in [0.2, 0.25) is 10.0 Å². The number of hydrogen-bond donors (Lipinski definition) is 1. The molecule has 7 heteroatoms. The molecule has 102 valence electrons. The molecule has 0 amide bonds. The number of nitrogens with zero attached hydrogens (tertiary/aromatic N) is 3. The minimum atomic E-state index is -3.38. The van der Waals surface area contributed by atoms with Crippen LogP contribution in [0.5, 0.6) is 0 Å². The van der Waals surface area contributed by atoms with E-state index in [1.54, 1.807) is 7.05 Å². The minimum Gasteiger partial charge on any atom is -0.328 e. The Balaban J connectivity index is 2.09. The van der Waals surface area contributed by atoms with E-state index in [1.807, 2.05) is 6.92 Å². The number of piperidine rings is 1. The second-order valence-electron chi connectivity index (χ2n) is 4.95. The Bertz CT molecular complexity index is 501. The lowest BCUT2D eigenvalue weighted by Crippen LogP contribution is -2.42. The van der Waals surface area contributed by atoms with E-state index >= 15 is 0 Å². The Hall–Kier alpha value is -0.920. The second-order valence-corrected chi connectivity index (χ2v) is 6.89. The molecule has 0 aromatic carbocycles. The van der Waals surface area contributed by atoms with Gasteiger partial charge in [0, 0.05) is 32.4 Å². The van der Waals surface area contributed by atoms with Gasteiger partial charge in [0.1, 0.15) is 4.90 Å². The summed E-state index contributed by atoms with van der Waals surface area (Å²) in [6.45, 7) is 3.07. The first-order valence-corrected chi connectivity index (χ1v) is 7.59. The van der Waals surface area contributed by atoms with Crippen LogP contribution in [0.4, 0.5) is 0 Å². The average molecular weight is 272 g/mol. The minimum absolute atomic E-state index is 0.133. The molecular weight excluding hydrogens is 252 g/mol. The van der Waals surface area contributed by atoms with Gasteiger partial charge in [-0.05, 0) is 25.7 Å². The molecule has 1 aliphatic rings. The van der Waals surface area contributed by atoms with Gasteiger partial charge >= 0.3 is 0 Å². The second kappa shape index (κ2) is 4.99. The topological polar surface area (TPSA) is 81.2 Å². The molecular formula is C11H20N4O2S. The maximum atomic E-state index is 12.3. The summed E-state index contributed by atoms with van der Waals surface area (Å²) in [5, 5.41) is 3.91. The molecule has 0 saturated carbocycles. The zero-order valence-corrected chi connectivity index (χ0v) is 11.6. The highest BCUT2D eigenvalue weighted by Crippen LogP contribution is 2.24. The summed E-state index contributed by atoms with van der Waals surface area (Å²) in [5.41, 5.74) is 5.85. The lowest BCUT2D eigenvalue weighted by atomic mass is 9.92. The van der Waals surface area contributed by atoms with Crippen molar-refractivity contribution in [2.45, 2.75) is 30.7 Å². The van der Waals surface area contributed by atoms with Crippen molar-refractivity contribution < 1.29 is 8.42 Å². The Morgan fingerprint density at radius 3 is 2.50 bits per heavy atom. The van der Waals surface area contributed by atoms with Crippen molar-refractivity contribution in [2.75, 3.05) is 13.1 Å². The van der Waals surface area contributed by atoms with Crippen molar-refractivity contribution >= 4 is 10.0 Å². The third-order valence-corrected chi connectivity index (χ3v) is 5.41. The van der Waals surface area contributed by atoms with Gasteiger partial charge in [-0.3, -0.25) is 4.68 Å². The van der Waals surface area contributed by atoms with E-state index in [9.17, 15) is 8.42 Å². The number of rotatable bonds is 3. The van der Waals surface area contributed by atoms with Gasteiger partial charge in [-0.2, -0.15) is 9.40 Å². The van der Waals surface area contributed by atoms with Crippen molar-refractivity contribution in [3.05, 3.63) is 12.4 Å². The molecule has 1 aromatic heterocycles. The number of sulfonamides is 1. The van der Waals surface area contributed by atoms with Crippen molar-refractivity contribution in [2.24, 2.45) is 18.7 Å². The molecule has 1 aromatic rings. The largest absolute Gasteiger partial charge is 0.328 e. The Morgan fingerprint density at radius 1 is 1.44 bits per heavy atom. The number of nitrogens with two attached hydrogens (primary N) is 1. The van der Waals surface area contributed by atoms with Crippen LogP contribution < -0.4 is 5.73 Å². The molecule has 0 aliphatic carbocycles. The van der Waals surface area contributed by atoms with E-state index in [0.29, 0.717) is 19.0 Å². The normalized spacial score (nSPS) is 21.1. The number of aryl methyl sites for hydroxylation is 1. The van der Waals surface area contributed by atoms with Crippen LogP contribution in [0.3, 0.4) is 0 Å². The SMILES string of the molecule is CC(N)C1CCN(S(=O)(=O)c2cnn(C)c2)CC1. The molecule has 0 radical (unpaired) electrons. The molecule has 1 unspecified atom stereocenters. The van der Waals surface area contributed by atoms with Crippen molar-refractivity contribution in [1.29, 1.82) is 0 Å². The first-order valence-electron chi connectivity index (χ1n) is 6.15.